The molecule has 0 amide bonds. The average Bonchev–Trinajstić information content (AvgIpc) is 2.70. The van der Waals surface area contributed by atoms with Gasteiger partial charge in [-0.05, 0) is 25.5 Å². The zero-order valence-electron chi connectivity index (χ0n) is 9.21. The van der Waals surface area contributed by atoms with Crippen LogP contribution in [0.2, 0.25) is 10.0 Å². The van der Waals surface area contributed by atoms with Crippen molar-refractivity contribution in [2.24, 2.45) is 0 Å². The highest BCUT2D eigenvalue weighted by Crippen LogP contribution is 2.25. The minimum Gasteiger partial charge on any atom is -0.357 e. The van der Waals surface area contributed by atoms with Gasteiger partial charge >= 0.3 is 0 Å². The van der Waals surface area contributed by atoms with E-state index in [1.807, 2.05) is 7.05 Å². The largest absolute Gasteiger partial charge is 0.357 e. The van der Waals surface area contributed by atoms with Crippen LogP contribution in [0.15, 0.2) is 12.3 Å². The maximum atomic E-state index is 6.10. The number of hydrogen-bond donors (Lipinski definition) is 1. The van der Waals surface area contributed by atoms with Gasteiger partial charge in [-0.1, -0.05) is 23.2 Å². The lowest BCUT2D eigenvalue weighted by Gasteiger charge is -2.23. The van der Waals surface area contributed by atoms with E-state index < -0.39 is 0 Å². The van der Waals surface area contributed by atoms with Gasteiger partial charge in [0, 0.05) is 25.8 Å². The first-order chi connectivity index (χ1) is 7.66. The van der Waals surface area contributed by atoms with Crippen LogP contribution in [0.4, 0.5) is 5.82 Å². The number of nitrogens with zero attached hydrogens (tertiary/aromatic N) is 2. The number of aromatic nitrogens is 1. The fourth-order valence-electron chi connectivity index (χ4n) is 2.02. The second kappa shape index (κ2) is 5.21. The molecule has 0 aromatic carbocycles. The first kappa shape index (κ1) is 12.0. The Morgan fingerprint density at radius 2 is 2.38 bits per heavy atom. The van der Waals surface area contributed by atoms with Gasteiger partial charge in [0.25, 0.3) is 0 Å². The molecule has 1 unspecified atom stereocenters. The first-order valence-electron chi connectivity index (χ1n) is 5.42. The Labute approximate surface area is 106 Å². The molecule has 1 aromatic rings. The highest BCUT2D eigenvalue weighted by Gasteiger charge is 2.17. The Morgan fingerprint density at radius 3 is 3.00 bits per heavy atom. The Morgan fingerprint density at radius 1 is 1.56 bits per heavy atom. The zero-order chi connectivity index (χ0) is 11.5. The molecule has 0 spiro atoms. The summed E-state index contributed by atoms with van der Waals surface area (Å²) in [5.41, 5.74) is 0. The van der Waals surface area contributed by atoms with Crippen LogP contribution in [-0.2, 0) is 0 Å². The molecule has 0 aliphatic carbocycles. The summed E-state index contributed by atoms with van der Waals surface area (Å²) in [6.07, 6.45) is 4.09. The molecule has 1 saturated heterocycles. The van der Waals surface area contributed by atoms with E-state index in [9.17, 15) is 0 Å². The van der Waals surface area contributed by atoms with Crippen molar-refractivity contribution in [1.82, 2.24) is 10.3 Å². The minimum atomic E-state index is 0.540. The number of hydrogen-bond acceptors (Lipinski definition) is 3. The van der Waals surface area contributed by atoms with Crippen molar-refractivity contribution in [2.45, 2.75) is 18.9 Å². The van der Waals surface area contributed by atoms with Crippen molar-refractivity contribution < 1.29 is 0 Å². The summed E-state index contributed by atoms with van der Waals surface area (Å²) < 4.78 is 0. The van der Waals surface area contributed by atoms with Crippen LogP contribution in [0.5, 0.6) is 0 Å². The average molecular weight is 260 g/mol. The van der Waals surface area contributed by atoms with Crippen LogP contribution in [0.1, 0.15) is 12.8 Å². The predicted octanol–water partition coefficient (Wildman–Crippen LogP) is 2.58. The van der Waals surface area contributed by atoms with Crippen LogP contribution in [0, 0.1) is 0 Å². The lowest BCUT2D eigenvalue weighted by molar-refractivity contribution is 0.597. The molecule has 3 nitrogen and oxygen atoms in total. The van der Waals surface area contributed by atoms with E-state index in [0.29, 0.717) is 16.1 Å². The molecule has 0 bridgehead atoms. The standard InChI is InChI=1S/C11H15Cl2N3/c1-16(7-9-3-2-4-14-9)11-10(13)5-8(12)6-15-11/h5-6,9,14H,2-4,7H2,1H3. The SMILES string of the molecule is CN(CC1CCCN1)c1ncc(Cl)cc1Cl. The number of halogens is 2. The van der Waals surface area contributed by atoms with E-state index in [2.05, 4.69) is 15.2 Å². The molecule has 0 radical (unpaired) electrons. The zero-order valence-corrected chi connectivity index (χ0v) is 10.7. The van der Waals surface area contributed by atoms with Crippen molar-refractivity contribution in [1.29, 1.82) is 0 Å². The second-order valence-electron chi connectivity index (χ2n) is 4.13. The highest BCUT2D eigenvalue weighted by atomic mass is 35.5. The normalized spacial score (nSPS) is 20.1. The summed E-state index contributed by atoms with van der Waals surface area (Å²) in [5, 5.41) is 4.62. The lowest BCUT2D eigenvalue weighted by Crippen LogP contribution is -2.35. The fraction of sp³-hybridized carbons (Fsp3) is 0.545. The molecule has 1 atom stereocenters. The fourth-order valence-corrected chi connectivity index (χ4v) is 2.54. The molecule has 2 heterocycles. The number of likely N-dealkylation sites (N-methyl/N-ethyl adjacent to an activating group) is 1. The summed E-state index contributed by atoms with van der Waals surface area (Å²) >= 11 is 11.9. The molecule has 5 heteroatoms. The molecule has 1 aliphatic heterocycles. The maximum Gasteiger partial charge on any atom is 0.147 e. The van der Waals surface area contributed by atoms with Crippen molar-refractivity contribution in [2.75, 3.05) is 25.0 Å². The molecule has 1 N–H and O–H groups in total. The molecule has 16 heavy (non-hydrogen) atoms. The van der Waals surface area contributed by atoms with Gasteiger partial charge in [0.2, 0.25) is 0 Å². The Hall–Kier alpha value is -0.510. The molecule has 0 saturated carbocycles. The minimum absolute atomic E-state index is 0.540. The van der Waals surface area contributed by atoms with Crippen molar-refractivity contribution in [3.8, 4) is 0 Å². The molecule has 1 fully saturated rings. The number of nitrogens with one attached hydrogen (secondary N) is 1. The second-order valence-corrected chi connectivity index (χ2v) is 4.98. The van der Waals surface area contributed by atoms with E-state index >= 15 is 0 Å². The van der Waals surface area contributed by atoms with Gasteiger partial charge in [-0.2, -0.15) is 0 Å². The molecule has 88 valence electrons. The molecular formula is C11H15Cl2N3. The van der Waals surface area contributed by atoms with E-state index in [0.717, 1.165) is 18.9 Å². The predicted molar refractivity (Wildman–Crippen MR) is 68.6 cm³/mol. The van der Waals surface area contributed by atoms with Crippen LogP contribution in [0.3, 0.4) is 0 Å². The van der Waals surface area contributed by atoms with Gasteiger partial charge in [0.15, 0.2) is 0 Å². The van der Waals surface area contributed by atoms with Crippen molar-refractivity contribution in [3.63, 3.8) is 0 Å². The third-order valence-corrected chi connectivity index (χ3v) is 3.29. The topological polar surface area (TPSA) is 28.2 Å². The van der Waals surface area contributed by atoms with E-state index in [4.69, 9.17) is 23.2 Å². The first-order valence-corrected chi connectivity index (χ1v) is 6.18. The maximum absolute atomic E-state index is 6.10. The monoisotopic (exact) mass is 259 g/mol. The Bertz CT molecular complexity index is 364. The third kappa shape index (κ3) is 2.78. The summed E-state index contributed by atoms with van der Waals surface area (Å²) in [4.78, 5) is 6.33. The Kier molecular flexibility index (Phi) is 3.90. The summed E-state index contributed by atoms with van der Waals surface area (Å²) in [6.45, 7) is 2.04. The number of anilines is 1. The quantitative estimate of drug-likeness (QED) is 0.905. The summed E-state index contributed by atoms with van der Waals surface area (Å²) in [6, 6.07) is 2.27. The number of rotatable bonds is 3. The van der Waals surface area contributed by atoms with E-state index in [-0.39, 0.29) is 0 Å². The van der Waals surface area contributed by atoms with Crippen LogP contribution in [0.25, 0.3) is 0 Å². The summed E-state index contributed by atoms with van der Waals surface area (Å²) in [7, 11) is 2.00. The van der Waals surface area contributed by atoms with Crippen LogP contribution < -0.4 is 10.2 Å². The molecule has 2 rings (SSSR count). The van der Waals surface area contributed by atoms with Gasteiger partial charge in [0.05, 0.1) is 10.0 Å². The number of pyridine rings is 1. The van der Waals surface area contributed by atoms with Gasteiger partial charge in [-0.15, -0.1) is 0 Å². The van der Waals surface area contributed by atoms with Gasteiger partial charge < -0.3 is 10.2 Å². The smallest absolute Gasteiger partial charge is 0.147 e. The van der Waals surface area contributed by atoms with Crippen LogP contribution in [-0.4, -0.2) is 31.2 Å². The third-order valence-electron chi connectivity index (χ3n) is 2.81. The Balaban J connectivity index is 2.04. The molecular weight excluding hydrogens is 245 g/mol. The summed E-state index contributed by atoms with van der Waals surface area (Å²) in [5.74, 6) is 0.791. The van der Waals surface area contributed by atoms with Crippen LogP contribution >= 0.6 is 23.2 Å². The van der Waals surface area contributed by atoms with Gasteiger partial charge in [0.1, 0.15) is 5.82 Å². The lowest BCUT2D eigenvalue weighted by atomic mass is 10.2. The molecule has 1 aliphatic rings. The van der Waals surface area contributed by atoms with E-state index in [1.165, 1.54) is 12.8 Å². The van der Waals surface area contributed by atoms with Crippen molar-refractivity contribution >= 4 is 29.0 Å². The van der Waals surface area contributed by atoms with Gasteiger partial charge in [-0.25, -0.2) is 4.98 Å². The van der Waals surface area contributed by atoms with Gasteiger partial charge in [-0.3, -0.25) is 0 Å². The van der Waals surface area contributed by atoms with Crippen molar-refractivity contribution in [3.05, 3.63) is 22.3 Å². The molecule has 1 aromatic heterocycles. The highest BCUT2D eigenvalue weighted by molar-refractivity contribution is 6.35. The van der Waals surface area contributed by atoms with E-state index in [1.54, 1.807) is 12.3 Å².